The van der Waals surface area contributed by atoms with Gasteiger partial charge in [0.1, 0.15) is 11.5 Å². The van der Waals surface area contributed by atoms with E-state index in [9.17, 15) is 13.2 Å². The third-order valence-electron chi connectivity index (χ3n) is 4.95. The third-order valence-corrected chi connectivity index (χ3v) is 5.28. The van der Waals surface area contributed by atoms with Gasteiger partial charge in [-0.15, -0.1) is 0 Å². The van der Waals surface area contributed by atoms with Gasteiger partial charge in [0.25, 0.3) is 0 Å². The van der Waals surface area contributed by atoms with Gasteiger partial charge in [-0.1, -0.05) is 23.7 Å². The Morgan fingerprint density at radius 1 is 1.03 bits per heavy atom. The van der Waals surface area contributed by atoms with E-state index in [0.717, 1.165) is 23.9 Å². The van der Waals surface area contributed by atoms with Crippen molar-refractivity contribution in [3.05, 3.63) is 82.8 Å². The van der Waals surface area contributed by atoms with Crippen LogP contribution in [0.5, 0.6) is 17.4 Å². The minimum absolute atomic E-state index is 0.0574. The molecule has 0 atom stereocenters. The van der Waals surface area contributed by atoms with Crippen molar-refractivity contribution in [1.82, 2.24) is 19.3 Å². The van der Waals surface area contributed by atoms with Crippen molar-refractivity contribution in [2.45, 2.75) is 19.1 Å². The summed E-state index contributed by atoms with van der Waals surface area (Å²) in [5.74, 6) is 1.53. The summed E-state index contributed by atoms with van der Waals surface area (Å²) in [7, 11) is 3.98. The molecule has 4 rings (SSSR count). The molecule has 6 nitrogen and oxygen atoms in total. The molecule has 0 fully saturated rings. The van der Waals surface area contributed by atoms with E-state index in [1.807, 2.05) is 36.8 Å². The summed E-state index contributed by atoms with van der Waals surface area (Å²) in [6.45, 7) is 1.16. The summed E-state index contributed by atoms with van der Waals surface area (Å²) >= 11 is 5.65. The molecule has 34 heavy (non-hydrogen) atoms. The van der Waals surface area contributed by atoms with Crippen LogP contribution in [0.1, 0.15) is 16.8 Å². The molecule has 0 spiro atoms. The Hall–Kier alpha value is -3.30. The molecule has 10 heteroatoms. The molecule has 2 aromatic heterocycles. The van der Waals surface area contributed by atoms with Crippen LogP contribution < -0.4 is 9.47 Å². The van der Waals surface area contributed by atoms with Gasteiger partial charge in [0.05, 0.1) is 29.1 Å². The molecular formula is C24H22ClF3N4O2. The van der Waals surface area contributed by atoms with E-state index >= 15 is 0 Å². The maximum absolute atomic E-state index is 13.0. The molecule has 2 heterocycles. The maximum Gasteiger partial charge on any atom is 0.417 e. The number of fused-ring (bicyclic) bond motifs is 1. The van der Waals surface area contributed by atoms with Gasteiger partial charge in [-0.25, -0.2) is 4.98 Å². The molecule has 0 unspecified atom stereocenters. The Morgan fingerprint density at radius 3 is 2.47 bits per heavy atom. The van der Waals surface area contributed by atoms with Crippen LogP contribution in [-0.2, 0) is 19.1 Å². The number of aromatic nitrogens is 3. The van der Waals surface area contributed by atoms with Gasteiger partial charge in [0.2, 0.25) is 11.7 Å². The average molecular weight is 491 g/mol. The zero-order chi connectivity index (χ0) is 24.3. The number of ether oxygens (including phenoxy) is 2. The molecule has 0 amide bonds. The van der Waals surface area contributed by atoms with Crippen LogP contribution in [-0.4, -0.2) is 40.0 Å². The first kappa shape index (κ1) is 23.8. The molecule has 0 saturated carbocycles. The zero-order valence-corrected chi connectivity index (χ0v) is 19.3. The largest absolute Gasteiger partial charge is 0.477 e. The summed E-state index contributed by atoms with van der Waals surface area (Å²) in [5, 5.41) is -0.370. The third kappa shape index (κ3) is 5.78. The van der Waals surface area contributed by atoms with Crippen molar-refractivity contribution in [3.63, 3.8) is 0 Å². The smallest absolute Gasteiger partial charge is 0.417 e. The lowest BCUT2D eigenvalue weighted by molar-refractivity contribution is -0.137. The molecule has 178 valence electrons. The van der Waals surface area contributed by atoms with Gasteiger partial charge in [-0.2, -0.15) is 18.2 Å². The molecule has 0 radical (unpaired) electrons. The molecule has 0 aliphatic carbocycles. The Morgan fingerprint density at radius 2 is 1.76 bits per heavy atom. The highest BCUT2D eigenvalue weighted by molar-refractivity contribution is 6.31. The SMILES string of the molecule is CN(C)Cc1cnc2nc(OCCc3ccc(Oc4ccc(Cl)c(C(F)(F)F)c4)cc3)ccn12. The number of hydrogen-bond donors (Lipinski definition) is 0. The first-order valence-corrected chi connectivity index (χ1v) is 10.8. The number of benzene rings is 2. The van der Waals surface area contributed by atoms with E-state index in [-0.39, 0.29) is 10.8 Å². The minimum atomic E-state index is -4.55. The zero-order valence-electron chi connectivity index (χ0n) is 18.5. The summed E-state index contributed by atoms with van der Waals surface area (Å²) < 4.78 is 52.3. The van der Waals surface area contributed by atoms with Crippen molar-refractivity contribution in [2.75, 3.05) is 20.7 Å². The van der Waals surface area contributed by atoms with Crippen molar-refractivity contribution >= 4 is 17.4 Å². The lowest BCUT2D eigenvalue weighted by Gasteiger charge is -2.12. The highest BCUT2D eigenvalue weighted by atomic mass is 35.5. The molecule has 0 aliphatic heterocycles. The van der Waals surface area contributed by atoms with Crippen molar-refractivity contribution < 1.29 is 22.6 Å². The van der Waals surface area contributed by atoms with Crippen LogP contribution in [0, 0.1) is 0 Å². The number of hydrogen-bond acceptors (Lipinski definition) is 5. The molecule has 0 bridgehead atoms. The number of rotatable bonds is 8. The van der Waals surface area contributed by atoms with Crippen molar-refractivity contribution in [1.29, 1.82) is 0 Å². The normalized spacial score (nSPS) is 11.9. The van der Waals surface area contributed by atoms with Gasteiger partial charge < -0.3 is 14.4 Å². The Kier molecular flexibility index (Phi) is 6.95. The van der Waals surface area contributed by atoms with Crippen LogP contribution in [0.3, 0.4) is 0 Å². The average Bonchev–Trinajstić information content (AvgIpc) is 3.17. The Balaban J connectivity index is 1.33. The minimum Gasteiger partial charge on any atom is -0.477 e. The van der Waals surface area contributed by atoms with E-state index in [1.165, 1.54) is 12.1 Å². The monoisotopic (exact) mass is 490 g/mol. The molecule has 0 saturated heterocycles. The van der Waals surface area contributed by atoms with Crippen LogP contribution in [0.25, 0.3) is 5.78 Å². The predicted octanol–water partition coefficient (Wildman–Crippen LogP) is 5.88. The van der Waals surface area contributed by atoms with E-state index < -0.39 is 11.7 Å². The first-order chi connectivity index (χ1) is 16.2. The van der Waals surface area contributed by atoms with Gasteiger partial charge in [-0.3, -0.25) is 4.40 Å². The van der Waals surface area contributed by atoms with E-state index in [4.69, 9.17) is 21.1 Å². The van der Waals surface area contributed by atoms with Crippen LogP contribution in [0.15, 0.2) is 60.9 Å². The standard InChI is InChI=1S/C24H22ClF3N4O2/c1-31(2)15-17-14-29-23-30-22(9-11-32(17)23)33-12-10-16-3-5-18(6-4-16)34-19-7-8-21(25)20(13-19)24(26,27)28/h3-9,11,13-14H,10,12,15H2,1-2H3. The van der Waals surface area contributed by atoms with Crippen LogP contribution in [0.4, 0.5) is 13.2 Å². The van der Waals surface area contributed by atoms with Crippen molar-refractivity contribution in [2.24, 2.45) is 0 Å². The van der Waals surface area contributed by atoms with Crippen LogP contribution in [0.2, 0.25) is 5.02 Å². The van der Waals surface area contributed by atoms with Gasteiger partial charge >= 0.3 is 6.18 Å². The van der Waals surface area contributed by atoms with Gasteiger partial charge in [-0.05, 0) is 50.0 Å². The molecule has 0 N–H and O–H groups in total. The number of nitrogens with zero attached hydrogens (tertiary/aromatic N) is 4. The lowest BCUT2D eigenvalue weighted by atomic mass is 10.1. The second-order valence-electron chi connectivity index (χ2n) is 7.91. The second kappa shape index (κ2) is 9.90. The highest BCUT2D eigenvalue weighted by Crippen LogP contribution is 2.37. The number of imidazole rings is 1. The topological polar surface area (TPSA) is 51.9 Å². The summed E-state index contributed by atoms with van der Waals surface area (Å²) in [5.41, 5.74) is 1.08. The molecule has 2 aromatic carbocycles. The fraction of sp³-hybridized carbons (Fsp3) is 0.250. The highest BCUT2D eigenvalue weighted by Gasteiger charge is 2.33. The Labute approximate surface area is 199 Å². The fourth-order valence-electron chi connectivity index (χ4n) is 3.34. The maximum atomic E-state index is 13.0. The molecule has 4 aromatic rings. The van der Waals surface area contributed by atoms with Crippen LogP contribution >= 0.6 is 11.6 Å². The quantitative estimate of drug-likeness (QED) is 0.309. The number of halogens is 4. The van der Waals surface area contributed by atoms with Crippen molar-refractivity contribution in [3.8, 4) is 17.4 Å². The molecule has 0 aliphatic rings. The fourth-order valence-corrected chi connectivity index (χ4v) is 3.57. The van der Waals surface area contributed by atoms with E-state index in [1.54, 1.807) is 24.4 Å². The van der Waals surface area contributed by atoms with Gasteiger partial charge in [0, 0.05) is 25.2 Å². The Bertz CT molecular complexity index is 1270. The number of alkyl halides is 3. The predicted molar refractivity (Wildman–Crippen MR) is 123 cm³/mol. The summed E-state index contributed by atoms with van der Waals surface area (Å²) in [6.07, 6.45) is -0.251. The second-order valence-corrected chi connectivity index (χ2v) is 8.31. The van der Waals surface area contributed by atoms with E-state index in [2.05, 4.69) is 14.9 Å². The van der Waals surface area contributed by atoms with E-state index in [0.29, 0.717) is 30.4 Å². The lowest BCUT2D eigenvalue weighted by Crippen LogP contribution is -2.12. The summed E-state index contributed by atoms with van der Waals surface area (Å²) in [6, 6.07) is 12.3. The molecular weight excluding hydrogens is 469 g/mol. The first-order valence-electron chi connectivity index (χ1n) is 10.4. The van der Waals surface area contributed by atoms with Gasteiger partial charge in [0.15, 0.2) is 0 Å². The summed E-state index contributed by atoms with van der Waals surface area (Å²) in [4.78, 5) is 10.8.